The predicted octanol–water partition coefficient (Wildman–Crippen LogP) is 2.99. The molecule has 29 heavy (non-hydrogen) atoms. The van der Waals surface area contributed by atoms with Gasteiger partial charge >= 0.3 is 11.8 Å². The summed E-state index contributed by atoms with van der Waals surface area (Å²) in [5.74, 6) is -0.877. The van der Waals surface area contributed by atoms with Gasteiger partial charge in [-0.2, -0.15) is 5.10 Å². The van der Waals surface area contributed by atoms with Crippen molar-refractivity contribution >= 4 is 29.6 Å². The fourth-order valence-electron chi connectivity index (χ4n) is 2.26. The van der Waals surface area contributed by atoms with E-state index in [1.54, 1.807) is 12.1 Å². The lowest BCUT2D eigenvalue weighted by molar-refractivity contribution is -0.139. The number of hydrazone groups is 1. The quantitative estimate of drug-likeness (QED) is 0.300. The van der Waals surface area contributed by atoms with Crippen LogP contribution < -0.4 is 20.2 Å². The lowest BCUT2D eigenvalue weighted by Gasteiger charge is -2.13. The SMILES string of the molecule is C=CCNC(=O)C(=O)N/N=C\c1cc(Cl)c(OCc2ccc(C)cc2)c(OC)c1. The molecule has 0 unspecified atom stereocenters. The molecule has 152 valence electrons. The van der Waals surface area contributed by atoms with Crippen LogP contribution in [0.5, 0.6) is 11.5 Å². The molecule has 0 atom stereocenters. The van der Waals surface area contributed by atoms with Crippen LogP contribution in [0.4, 0.5) is 0 Å². The van der Waals surface area contributed by atoms with E-state index >= 15 is 0 Å². The van der Waals surface area contributed by atoms with E-state index < -0.39 is 11.8 Å². The van der Waals surface area contributed by atoms with Gasteiger partial charge in [0.25, 0.3) is 0 Å². The summed E-state index contributed by atoms with van der Waals surface area (Å²) in [6, 6.07) is 11.2. The van der Waals surface area contributed by atoms with Gasteiger partial charge in [0.1, 0.15) is 6.61 Å². The average Bonchev–Trinajstić information content (AvgIpc) is 2.71. The van der Waals surface area contributed by atoms with Crippen LogP contribution >= 0.6 is 11.6 Å². The highest BCUT2D eigenvalue weighted by atomic mass is 35.5. The van der Waals surface area contributed by atoms with Gasteiger partial charge < -0.3 is 14.8 Å². The first-order valence-electron chi connectivity index (χ1n) is 8.72. The van der Waals surface area contributed by atoms with Crippen molar-refractivity contribution in [3.8, 4) is 11.5 Å². The Labute approximate surface area is 174 Å². The Hall–Kier alpha value is -3.32. The van der Waals surface area contributed by atoms with E-state index in [1.165, 1.54) is 25.0 Å². The summed E-state index contributed by atoms with van der Waals surface area (Å²) >= 11 is 6.33. The third-order valence-corrected chi connectivity index (χ3v) is 4.03. The van der Waals surface area contributed by atoms with E-state index in [-0.39, 0.29) is 6.54 Å². The number of nitrogens with zero attached hydrogens (tertiary/aromatic N) is 1. The maximum Gasteiger partial charge on any atom is 0.329 e. The smallest absolute Gasteiger partial charge is 0.329 e. The second-order valence-corrected chi connectivity index (χ2v) is 6.41. The molecule has 0 aliphatic rings. The van der Waals surface area contributed by atoms with Crippen molar-refractivity contribution in [1.82, 2.24) is 10.7 Å². The first-order chi connectivity index (χ1) is 13.9. The molecule has 0 aliphatic carbocycles. The highest BCUT2D eigenvalue weighted by molar-refractivity contribution is 6.35. The van der Waals surface area contributed by atoms with E-state index in [0.717, 1.165) is 5.56 Å². The molecule has 2 N–H and O–H groups in total. The molecule has 2 amide bonds. The Morgan fingerprint density at radius 2 is 1.93 bits per heavy atom. The number of amides is 2. The molecule has 0 aliphatic heterocycles. The molecule has 2 rings (SSSR count). The van der Waals surface area contributed by atoms with Gasteiger partial charge in [-0.05, 0) is 30.2 Å². The molecular formula is C21H22ClN3O4. The van der Waals surface area contributed by atoms with Crippen molar-refractivity contribution in [2.24, 2.45) is 5.10 Å². The zero-order valence-electron chi connectivity index (χ0n) is 16.2. The van der Waals surface area contributed by atoms with Gasteiger partial charge in [0.15, 0.2) is 11.5 Å². The van der Waals surface area contributed by atoms with Gasteiger partial charge in [0, 0.05) is 6.54 Å². The van der Waals surface area contributed by atoms with Crippen LogP contribution in [0.3, 0.4) is 0 Å². The Bertz CT molecular complexity index is 911. The first kappa shape index (κ1) is 22.0. The number of hydrogen-bond donors (Lipinski definition) is 2. The van der Waals surface area contributed by atoms with Gasteiger partial charge in [0.05, 0.1) is 18.3 Å². The molecule has 0 radical (unpaired) electrons. The second-order valence-electron chi connectivity index (χ2n) is 6.01. The molecule has 0 heterocycles. The van der Waals surface area contributed by atoms with Gasteiger partial charge in [-0.3, -0.25) is 9.59 Å². The molecular weight excluding hydrogens is 394 g/mol. The molecule has 0 aromatic heterocycles. The molecule has 8 heteroatoms. The standard InChI is InChI=1S/C21H22ClN3O4/c1-4-9-23-20(26)21(27)25-24-12-16-10-17(22)19(18(11-16)28-3)29-13-15-7-5-14(2)6-8-15/h4-8,10-12H,1,9,13H2,2-3H3,(H,23,26)(H,25,27)/b24-12-. The third kappa shape index (κ3) is 6.65. The molecule has 2 aromatic carbocycles. The number of carbonyl (C=O) groups excluding carboxylic acids is 2. The second kappa shape index (κ2) is 10.9. The zero-order chi connectivity index (χ0) is 21.2. The summed E-state index contributed by atoms with van der Waals surface area (Å²) in [6.07, 6.45) is 2.81. The van der Waals surface area contributed by atoms with Crippen molar-refractivity contribution in [2.45, 2.75) is 13.5 Å². The van der Waals surface area contributed by atoms with E-state index in [2.05, 4.69) is 22.4 Å². The summed E-state index contributed by atoms with van der Waals surface area (Å²) in [7, 11) is 1.50. The highest BCUT2D eigenvalue weighted by Crippen LogP contribution is 2.36. The van der Waals surface area contributed by atoms with E-state index in [1.807, 2.05) is 31.2 Å². The Morgan fingerprint density at radius 3 is 2.59 bits per heavy atom. The van der Waals surface area contributed by atoms with Crippen LogP contribution in [-0.4, -0.2) is 31.7 Å². The van der Waals surface area contributed by atoms with Crippen LogP contribution in [0.15, 0.2) is 54.2 Å². The van der Waals surface area contributed by atoms with Gasteiger partial charge in [-0.1, -0.05) is 47.5 Å². The van der Waals surface area contributed by atoms with Crippen LogP contribution in [0.25, 0.3) is 0 Å². The molecule has 0 bridgehead atoms. The minimum absolute atomic E-state index is 0.187. The van der Waals surface area contributed by atoms with Crippen LogP contribution in [0.2, 0.25) is 5.02 Å². The number of nitrogens with one attached hydrogen (secondary N) is 2. The lowest BCUT2D eigenvalue weighted by atomic mass is 10.1. The van der Waals surface area contributed by atoms with Crippen LogP contribution in [0.1, 0.15) is 16.7 Å². The number of carbonyl (C=O) groups is 2. The van der Waals surface area contributed by atoms with Crippen molar-refractivity contribution in [3.63, 3.8) is 0 Å². The zero-order valence-corrected chi connectivity index (χ0v) is 17.0. The Kier molecular flexibility index (Phi) is 8.24. The third-order valence-electron chi connectivity index (χ3n) is 3.75. The maximum atomic E-state index is 11.6. The molecule has 0 saturated heterocycles. The number of methoxy groups -OCH3 is 1. The summed E-state index contributed by atoms with van der Waals surface area (Å²) in [4.78, 5) is 23.0. The summed E-state index contributed by atoms with van der Waals surface area (Å²) in [5.41, 5.74) is 4.85. The van der Waals surface area contributed by atoms with Gasteiger partial charge in [-0.25, -0.2) is 5.43 Å². The van der Waals surface area contributed by atoms with E-state index in [4.69, 9.17) is 21.1 Å². The number of benzene rings is 2. The van der Waals surface area contributed by atoms with Crippen LogP contribution in [0, 0.1) is 6.92 Å². The van der Waals surface area contributed by atoms with Crippen molar-refractivity contribution in [2.75, 3.05) is 13.7 Å². The van der Waals surface area contributed by atoms with E-state index in [9.17, 15) is 9.59 Å². The molecule has 2 aromatic rings. The number of halogens is 1. The largest absolute Gasteiger partial charge is 0.493 e. The Morgan fingerprint density at radius 1 is 1.21 bits per heavy atom. The number of rotatable bonds is 8. The van der Waals surface area contributed by atoms with Crippen molar-refractivity contribution in [1.29, 1.82) is 0 Å². The molecule has 0 saturated carbocycles. The fourth-order valence-corrected chi connectivity index (χ4v) is 2.53. The topological polar surface area (TPSA) is 89.0 Å². The highest BCUT2D eigenvalue weighted by Gasteiger charge is 2.13. The monoisotopic (exact) mass is 415 g/mol. The van der Waals surface area contributed by atoms with Gasteiger partial charge in [0.2, 0.25) is 0 Å². The van der Waals surface area contributed by atoms with E-state index in [0.29, 0.717) is 28.7 Å². The maximum absolute atomic E-state index is 11.6. The molecule has 7 nitrogen and oxygen atoms in total. The molecule has 0 fully saturated rings. The summed E-state index contributed by atoms with van der Waals surface area (Å²) < 4.78 is 11.2. The predicted molar refractivity (Wildman–Crippen MR) is 112 cm³/mol. The van der Waals surface area contributed by atoms with Crippen molar-refractivity contribution in [3.05, 3.63) is 70.8 Å². The minimum Gasteiger partial charge on any atom is -0.493 e. The Balaban J connectivity index is 2.04. The molecule has 0 spiro atoms. The number of aryl methyl sites for hydroxylation is 1. The van der Waals surface area contributed by atoms with Crippen LogP contribution in [-0.2, 0) is 16.2 Å². The number of ether oxygens (including phenoxy) is 2. The summed E-state index contributed by atoms with van der Waals surface area (Å²) in [5, 5.41) is 6.42. The first-order valence-corrected chi connectivity index (χ1v) is 9.10. The average molecular weight is 416 g/mol. The lowest BCUT2D eigenvalue weighted by Crippen LogP contribution is -2.37. The van der Waals surface area contributed by atoms with Gasteiger partial charge in [-0.15, -0.1) is 6.58 Å². The number of hydrogen-bond acceptors (Lipinski definition) is 5. The fraction of sp³-hybridized carbons (Fsp3) is 0.190. The summed E-state index contributed by atoms with van der Waals surface area (Å²) in [6.45, 7) is 5.98. The van der Waals surface area contributed by atoms with Crippen molar-refractivity contribution < 1.29 is 19.1 Å². The normalized spacial score (nSPS) is 10.4. The minimum atomic E-state index is -0.890.